The van der Waals surface area contributed by atoms with E-state index in [0.717, 1.165) is 0 Å². The van der Waals surface area contributed by atoms with Crippen molar-refractivity contribution >= 4 is 5.71 Å². The first kappa shape index (κ1) is 12.4. The topological polar surface area (TPSA) is 80.2 Å². The van der Waals surface area contributed by atoms with Crippen molar-refractivity contribution in [2.45, 2.75) is 26.4 Å². The summed E-state index contributed by atoms with van der Waals surface area (Å²) >= 11 is 0. The Hall–Kier alpha value is -1.62. The van der Waals surface area contributed by atoms with Crippen LogP contribution < -0.4 is 9.47 Å². The van der Waals surface area contributed by atoms with Gasteiger partial charge in [-0.2, -0.15) is 0 Å². The number of aliphatic hydroxyl groups is 1. The van der Waals surface area contributed by atoms with Crippen LogP contribution in [0.25, 0.3) is 0 Å². The molecule has 0 aliphatic rings. The molecule has 1 aromatic rings. The van der Waals surface area contributed by atoms with Crippen molar-refractivity contribution in [1.29, 1.82) is 5.41 Å². The van der Waals surface area contributed by atoms with Gasteiger partial charge in [-0.05, 0) is 19.9 Å². The quantitative estimate of drug-likeness (QED) is 0.438. The van der Waals surface area contributed by atoms with Gasteiger partial charge in [0.2, 0.25) is 0 Å². The van der Waals surface area contributed by atoms with Crippen LogP contribution in [0.1, 0.15) is 19.4 Å². The van der Waals surface area contributed by atoms with Crippen molar-refractivity contribution in [1.82, 2.24) is 0 Å². The molecule has 0 saturated heterocycles. The molecule has 0 bridgehead atoms. The molecule has 1 aromatic heterocycles. The standard InChI is InChI=1S/C11H16N2O3/c1-8(2)16-11-9(6-10(12)7-14)4-3-5-13(11)15/h3-5,8,12,14H,6-7H2,1-2H3. The van der Waals surface area contributed by atoms with Crippen LogP contribution in [-0.4, -0.2) is 23.5 Å². The SMILES string of the molecule is CC(C)Oc1c(CC(=N)CO)ccc[n+]1[O-]. The maximum Gasteiger partial charge on any atom is 0.383 e. The van der Waals surface area contributed by atoms with E-state index in [9.17, 15) is 5.21 Å². The van der Waals surface area contributed by atoms with Gasteiger partial charge in [-0.25, -0.2) is 0 Å². The summed E-state index contributed by atoms with van der Waals surface area (Å²) in [5.74, 6) is 0.204. The molecule has 16 heavy (non-hydrogen) atoms. The lowest BCUT2D eigenvalue weighted by Crippen LogP contribution is -2.32. The van der Waals surface area contributed by atoms with E-state index in [2.05, 4.69) is 0 Å². The molecular weight excluding hydrogens is 208 g/mol. The summed E-state index contributed by atoms with van der Waals surface area (Å²) in [4.78, 5) is 0. The molecule has 5 heteroatoms. The summed E-state index contributed by atoms with van der Waals surface area (Å²) in [6.07, 6.45) is 1.47. The molecule has 0 saturated carbocycles. The second-order valence-electron chi connectivity index (χ2n) is 3.77. The predicted octanol–water partition coefficient (Wildman–Crippen LogP) is 0.662. The first-order valence-corrected chi connectivity index (χ1v) is 5.09. The highest BCUT2D eigenvalue weighted by Crippen LogP contribution is 2.15. The van der Waals surface area contributed by atoms with Crippen molar-refractivity contribution in [3.8, 4) is 5.88 Å². The van der Waals surface area contributed by atoms with Gasteiger partial charge >= 0.3 is 5.88 Å². The van der Waals surface area contributed by atoms with Crippen LogP contribution in [0.15, 0.2) is 18.3 Å². The Labute approximate surface area is 94.4 Å². The lowest BCUT2D eigenvalue weighted by Gasteiger charge is -2.12. The summed E-state index contributed by atoms with van der Waals surface area (Å²) in [5.41, 5.74) is 0.769. The number of nitrogens with one attached hydrogen (secondary N) is 1. The average molecular weight is 224 g/mol. The van der Waals surface area contributed by atoms with Crippen LogP contribution in [0, 0.1) is 10.6 Å². The molecule has 0 amide bonds. The Bertz CT molecular complexity index is 377. The first-order valence-electron chi connectivity index (χ1n) is 5.09. The number of nitrogens with zero attached hydrogens (tertiary/aromatic N) is 1. The summed E-state index contributed by atoms with van der Waals surface area (Å²) < 4.78 is 6.03. The molecule has 88 valence electrons. The molecule has 0 radical (unpaired) electrons. The second kappa shape index (κ2) is 5.46. The van der Waals surface area contributed by atoms with Gasteiger partial charge in [-0.15, -0.1) is 4.73 Å². The van der Waals surface area contributed by atoms with Crippen LogP contribution >= 0.6 is 0 Å². The molecular formula is C11H16N2O3. The number of aromatic nitrogens is 1. The number of hydrogen-bond acceptors (Lipinski definition) is 4. The van der Waals surface area contributed by atoms with E-state index < -0.39 is 0 Å². The molecule has 0 fully saturated rings. The highest BCUT2D eigenvalue weighted by molar-refractivity contribution is 5.84. The lowest BCUT2D eigenvalue weighted by molar-refractivity contribution is -0.614. The lowest BCUT2D eigenvalue weighted by atomic mass is 10.1. The van der Waals surface area contributed by atoms with Crippen molar-refractivity contribution in [3.63, 3.8) is 0 Å². The number of rotatable bonds is 5. The monoisotopic (exact) mass is 224 g/mol. The molecule has 0 spiro atoms. The third-order valence-corrected chi connectivity index (χ3v) is 1.94. The molecule has 0 atom stereocenters. The molecule has 0 aromatic carbocycles. The van der Waals surface area contributed by atoms with Gasteiger partial charge in [-0.1, -0.05) is 0 Å². The molecule has 0 unspecified atom stereocenters. The van der Waals surface area contributed by atoms with Crippen LogP contribution in [0.4, 0.5) is 0 Å². The molecule has 1 rings (SSSR count). The van der Waals surface area contributed by atoms with E-state index in [1.807, 2.05) is 13.8 Å². The zero-order valence-corrected chi connectivity index (χ0v) is 9.43. The van der Waals surface area contributed by atoms with Gasteiger partial charge in [0.1, 0.15) is 0 Å². The van der Waals surface area contributed by atoms with Gasteiger partial charge in [0.15, 0.2) is 6.20 Å². The number of aliphatic hydroxyl groups excluding tert-OH is 1. The fourth-order valence-corrected chi connectivity index (χ4v) is 1.29. The predicted molar refractivity (Wildman–Crippen MR) is 59.7 cm³/mol. The first-order chi connectivity index (χ1) is 7.54. The fraction of sp³-hybridized carbons (Fsp3) is 0.455. The van der Waals surface area contributed by atoms with Crippen LogP contribution in [0.3, 0.4) is 0 Å². The maximum absolute atomic E-state index is 11.5. The van der Waals surface area contributed by atoms with Gasteiger partial charge in [0.05, 0.1) is 18.3 Å². The van der Waals surface area contributed by atoms with Crippen molar-refractivity contribution < 1.29 is 14.6 Å². The minimum atomic E-state index is -0.311. The minimum Gasteiger partial charge on any atom is -0.616 e. The van der Waals surface area contributed by atoms with Crippen molar-refractivity contribution in [3.05, 3.63) is 29.1 Å². The van der Waals surface area contributed by atoms with Crippen LogP contribution in [0.5, 0.6) is 5.88 Å². The second-order valence-corrected chi connectivity index (χ2v) is 3.77. The van der Waals surface area contributed by atoms with E-state index in [-0.39, 0.29) is 30.7 Å². The summed E-state index contributed by atoms with van der Waals surface area (Å²) in [6, 6.07) is 3.32. The Morgan fingerprint density at radius 2 is 2.31 bits per heavy atom. The van der Waals surface area contributed by atoms with Gasteiger partial charge in [0, 0.05) is 18.2 Å². The summed E-state index contributed by atoms with van der Waals surface area (Å²) in [7, 11) is 0. The third kappa shape index (κ3) is 3.20. The van der Waals surface area contributed by atoms with E-state index >= 15 is 0 Å². The highest BCUT2D eigenvalue weighted by atomic mass is 16.6. The fourth-order valence-electron chi connectivity index (χ4n) is 1.29. The summed E-state index contributed by atoms with van der Waals surface area (Å²) in [5, 5.41) is 27.7. The van der Waals surface area contributed by atoms with Gasteiger partial charge in [0.25, 0.3) is 0 Å². The smallest absolute Gasteiger partial charge is 0.383 e. The molecule has 0 aliphatic heterocycles. The van der Waals surface area contributed by atoms with Crippen LogP contribution in [0.2, 0.25) is 0 Å². The number of pyridine rings is 1. The van der Waals surface area contributed by atoms with E-state index in [1.54, 1.807) is 12.1 Å². The zero-order valence-electron chi connectivity index (χ0n) is 9.43. The van der Waals surface area contributed by atoms with E-state index in [0.29, 0.717) is 10.3 Å². The van der Waals surface area contributed by atoms with Gasteiger partial charge < -0.3 is 20.5 Å². The Morgan fingerprint density at radius 1 is 1.62 bits per heavy atom. The Kier molecular flexibility index (Phi) is 4.25. The largest absolute Gasteiger partial charge is 0.616 e. The van der Waals surface area contributed by atoms with Crippen LogP contribution in [-0.2, 0) is 6.42 Å². The van der Waals surface area contributed by atoms with E-state index in [1.165, 1.54) is 6.20 Å². The van der Waals surface area contributed by atoms with Gasteiger partial charge in [-0.3, -0.25) is 0 Å². The molecule has 1 heterocycles. The van der Waals surface area contributed by atoms with Crippen molar-refractivity contribution in [2.75, 3.05) is 6.61 Å². The third-order valence-electron chi connectivity index (χ3n) is 1.94. The number of hydrogen-bond donors (Lipinski definition) is 2. The normalized spacial score (nSPS) is 10.5. The highest BCUT2D eigenvalue weighted by Gasteiger charge is 2.16. The molecule has 5 nitrogen and oxygen atoms in total. The minimum absolute atomic E-state index is 0.107. The average Bonchev–Trinajstić information content (AvgIpc) is 2.22. The zero-order chi connectivity index (χ0) is 12.1. The van der Waals surface area contributed by atoms with Crippen molar-refractivity contribution in [2.24, 2.45) is 0 Å². The van der Waals surface area contributed by atoms with E-state index in [4.69, 9.17) is 15.3 Å². The number of ether oxygens (including phenoxy) is 1. The molecule has 0 aliphatic carbocycles. The Morgan fingerprint density at radius 3 is 2.88 bits per heavy atom. The Balaban J connectivity index is 2.98. The maximum atomic E-state index is 11.5. The molecule has 2 N–H and O–H groups in total. The summed E-state index contributed by atoms with van der Waals surface area (Å²) in [6.45, 7) is 3.34.